The number of benzene rings is 1. The minimum Gasteiger partial charge on any atom is -0.495 e. The summed E-state index contributed by atoms with van der Waals surface area (Å²) in [5.74, 6) is 0.902. The summed E-state index contributed by atoms with van der Waals surface area (Å²) in [6.45, 7) is 4.74. The van der Waals surface area contributed by atoms with Crippen molar-refractivity contribution in [2.75, 3.05) is 38.6 Å². The van der Waals surface area contributed by atoms with Crippen LogP contribution < -0.4 is 10.1 Å². The van der Waals surface area contributed by atoms with Gasteiger partial charge in [0.25, 0.3) is 0 Å². The third kappa shape index (κ3) is 3.89. The molecule has 1 N–H and O–H groups in total. The van der Waals surface area contributed by atoms with E-state index in [0.29, 0.717) is 0 Å². The molecule has 0 bridgehead atoms. The standard InChI is InChI=1S/C14H21BrN2O/c1-18-14-6-5-12(15)11-13(14)16-7-4-10-17-8-2-3-9-17/h5-6,11,16H,2-4,7-10H2,1H3. The molecule has 1 aromatic carbocycles. The predicted molar refractivity (Wildman–Crippen MR) is 79.5 cm³/mol. The molecule has 100 valence electrons. The number of rotatable bonds is 6. The summed E-state index contributed by atoms with van der Waals surface area (Å²) in [6.07, 6.45) is 3.91. The molecule has 0 amide bonds. The first-order valence-electron chi connectivity index (χ1n) is 6.59. The SMILES string of the molecule is COc1ccc(Br)cc1NCCCN1CCCC1. The van der Waals surface area contributed by atoms with E-state index >= 15 is 0 Å². The lowest BCUT2D eigenvalue weighted by molar-refractivity contribution is 0.337. The maximum Gasteiger partial charge on any atom is 0.142 e. The van der Waals surface area contributed by atoms with E-state index in [1.54, 1.807) is 7.11 Å². The van der Waals surface area contributed by atoms with E-state index in [4.69, 9.17) is 4.74 Å². The molecule has 0 aromatic heterocycles. The van der Waals surface area contributed by atoms with Crippen molar-refractivity contribution in [2.24, 2.45) is 0 Å². The summed E-state index contributed by atoms with van der Waals surface area (Å²) in [6, 6.07) is 6.04. The van der Waals surface area contributed by atoms with E-state index in [2.05, 4.69) is 32.2 Å². The van der Waals surface area contributed by atoms with Gasteiger partial charge in [-0.3, -0.25) is 0 Å². The van der Waals surface area contributed by atoms with Crippen molar-refractivity contribution in [3.63, 3.8) is 0 Å². The molecule has 1 aliphatic heterocycles. The van der Waals surface area contributed by atoms with Gasteiger partial charge in [-0.25, -0.2) is 0 Å². The van der Waals surface area contributed by atoms with Crippen LogP contribution in [0, 0.1) is 0 Å². The lowest BCUT2D eigenvalue weighted by Gasteiger charge is -2.15. The van der Waals surface area contributed by atoms with Crippen LogP contribution in [-0.4, -0.2) is 38.2 Å². The number of nitrogens with zero attached hydrogens (tertiary/aromatic N) is 1. The van der Waals surface area contributed by atoms with Gasteiger partial charge in [-0.15, -0.1) is 0 Å². The van der Waals surface area contributed by atoms with Gasteiger partial charge in [-0.1, -0.05) is 15.9 Å². The molecule has 0 spiro atoms. The van der Waals surface area contributed by atoms with Crippen LogP contribution in [0.5, 0.6) is 5.75 Å². The van der Waals surface area contributed by atoms with Crippen LogP contribution in [0.2, 0.25) is 0 Å². The van der Waals surface area contributed by atoms with Crippen molar-refractivity contribution < 1.29 is 4.74 Å². The number of halogens is 1. The molecule has 0 radical (unpaired) electrons. The predicted octanol–water partition coefficient (Wildman–Crippen LogP) is 3.36. The normalized spacial score (nSPS) is 15.9. The molecule has 1 heterocycles. The maximum atomic E-state index is 5.34. The van der Waals surface area contributed by atoms with Gasteiger partial charge in [0.15, 0.2) is 0 Å². The fourth-order valence-corrected chi connectivity index (χ4v) is 2.71. The van der Waals surface area contributed by atoms with Crippen molar-refractivity contribution >= 4 is 21.6 Å². The Kier molecular flexibility index (Phi) is 5.32. The lowest BCUT2D eigenvalue weighted by atomic mass is 10.3. The van der Waals surface area contributed by atoms with Crippen LogP contribution >= 0.6 is 15.9 Å². The number of methoxy groups -OCH3 is 1. The summed E-state index contributed by atoms with van der Waals surface area (Å²) in [7, 11) is 1.71. The Morgan fingerprint density at radius 1 is 1.33 bits per heavy atom. The third-order valence-electron chi connectivity index (χ3n) is 3.33. The molecule has 1 fully saturated rings. The number of hydrogen-bond donors (Lipinski definition) is 1. The molecule has 18 heavy (non-hydrogen) atoms. The van der Waals surface area contributed by atoms with Gasteiger partial charge in [0, 0.05) is 11.0 Å². The summed E-state index contributed by atoms with van der Waals surface area (Å²) >= 11 is 3.48. The number of nitrogens with one attached hydrogen (secondary N) is 1. The number of anilines is 1. The summed E-state index contributed by atoms with van der Waals surface area (Å²) in [5, 5.41) is 3.45. The lowest BCUT2D eigenvalue weighted by Crippen LogP contribution is -2.22. The first kappa shape index (κ1) is 13.7. The van der Waals surface area contributed by atoms with E-state index in [1.165, 1.54) is 38.9 Å². The van der Waals surface area contributed by atoms with Crippen molar-refractivity contribution in [3.05, 3.63) is 22.7 Å². The van der Waals surface area contributed by atoms with Crippen LogP contribution in [0.25, 0.3) is 0 Å². The highest BCUT2D eigenvalue weighted by atomic mass is 79.9. The topological polar surface area (TPSA) is 24.5 Å². The average molecular weight is 313 g/mol. The van der Waals surface area contributed by atoms with Crippen LogP contribution in [0.4, 0.5) is 5.69 Å². The Hall–Kier alpha value is -0.740. The van der Waals surface area contributed by atoms with Crippen LogP contribution in [-0.2, 0) is 0 Å². The first-order valence-corrected chi connectivity index (χ1v) is 7.38. The Morgan fingerprint density at radius 3 is 2.83 bits per heavy atom. The summed E-state index contributed by atoms with van der Waals surface area (Å²) in [4.78, 5) is 2.54. The van der Waals surface area contributed by atoms with Crippen LogP contribution in [0.15, 0.2) is 22.7 Å². The van der Waals surface area contributed by atoms with Crippen molar-refractivity contribution in [2.45, 2.75) is 19.3 Å². The highest BCUT2D eigenvalue weighted by Gasteiger charge is 2.10. The van der Waals surface area contributed by atoms with E-state index in [0.717, 1.165) is 22.5 Å². The second-order valence-corrected chi connectivity index (χ2v) is 5.59. The van der Waals surface area contributed by atoms with Crippen molar-refractivity contribution in [3.8, 4) is 5.75 Å². The van der Waals surface area contributed by atoms with E-state index in [-0.39, 0.29) is 0 Å². The molecule has 1 aliphatic rings. The van der Waals surface area contributed by atoms with Gasteiger partial charge < -0.3 is 15.0 Å². The van der Waals surface area contributed by atoms with Gasteiger partial charge in [0.05, 0.1) is 12.8 Å². The first-order chi connectivity index (χ1) is 8.79. The van der Waals surface area contributed by atoms with Gasteiger partial charge >= 0.3 is 0 Å². The largest absolute Gasteiger partial charge is 0.495 e. The molecule has 0 atom stereocenters. The number of likely N-dealkylation sites (tertiary alicyclic amines) is 1. The monoisotopic (exact) mass is 312 g/mol. The minimum atomic E-state index is 0.902. The second-order valence-electron chi connectivity index (χ2n) is 4.67. The molecule has 2 rings (SSSR count). The summed E-state index contributed by atoms with van der Waals surface area (Å²) < 4.78 is 6.41. The maximum absolute atomic E-state index is 5.34. The zero-order valence-electron chi connectivity index (χ0n) is 10.9. The molecular formula is C14H21BrN2O. The molecule has 3 nitrogen and oxygen atoms in total. The van der Waals surface area contributed by atoms with Crippen LogP contribution in [0.3, 0.4) is 0 Å². The Balaban J connectivity index is 1.76. The van der Waals surface area contributed by atoms with Crippen LogP contribution in [0.1, 0.15) is 19.3 Å². The average Bonchev–Trinajstić information content (AvgIpc) is 2.88. The number of hydrogen-bond acceptors (Lipinski definition) is 3. The van der Waals surface area contributed by atoms with E-state index in [1.807, 2.05) is 12.1 Å². The third-order valence-corrected chi connectivity index (χ3v) is 3.82. The molecule has 0 unspecified atom stereocenters. The zero-order valence-corrected chi connectivity index (χ0v) is 12.5. The van der Waals surface area contributed by atoms with E-state index < -0.39 is 0 Å². The molecule has 0 saturated carbocycles. The van der Waals surface area contributed by atoms with Gasteiger partial charge in [0.2, 0.25) is 0 Å². The smallest absolute Gasteiger partial charge is 0.142 e. The molecule has 1 saturated heterocycles. The molecule has 1 aromatic rings. The Bertz CT molecular complexity index is 378. The van der Waals surface area contributed by atoms with Crippen molar-refractivity contribution in [1.29, 1.82) is 0 Å². The second kappa shape index (κ2) is 7.00. The minimum absolute atomic E-state index is 0.902. The fourth-order valence-electron chi connectivity index (χ4n) is 2.35. The highest BCUT2D eigenvalue weighted by Crippen LogP contribution is 2.27. The molecular weight excluding hydrogens is 292 g/mol. The van der Waals surface area contributed by atoms with Crippen molar-refractivity contribution in [1.82, 2.24) is 4.90 Å². The van der Waals surface area contributed by atoms with Gasteiger partial charge in [0.1, 0.15) is 5.75 Å². The Morgan fingerprint density at radius 2 is 2.11 bits per heavy atom. The quantitative estimate of drug-likeness (QED) is 0.815. The van der Waals surface area contributed by atoms with Gasteiger partial charge in [-0.2, -0.15) is 0 Å². The van der Waals surface area contributed by atoms with Gasteiger partial charge in [-0.05, 0) is 57.1 Å². The molecule has 0 aliphatic carbocycles. The zero-order chi connectivity index (χ0) is 12.8. The number of ether oxygens (including phenoxy) is 1. The fraction of sp³-hybridized carbons (Fsp3) is 0.571. The van der Waals surface area contributed by atoms with E-state index in [9.17, 15) is 0 Å². The summed E-state index contributed by atoms with van der Waals surface area (Å²) in [5.41, 5.74) is 1.06. The Labute approximate surface area is 118 Å². The highest BCUT2D eigenvalue weighted by molar-refractivity contribution is 9.10. The molecule has 4 heteroatoms.